The topological polar surface area (TPSA) is 73.2 Å². The molecule has 6 heteroatoms. The predicted molar refractivity (Wildman–Crippen MR) is 51.9 cm³/mol. The first-order valence-electron chi connectivity index (χ1n) is 4.53. The fourth-order valence-corrected chi connectivity index (χ4v) is 0.980. The smallest absolute Gasteiger partial charge is 0.325 e. The number of hydrogen-bond acceptors (Lipinski definition) is 4. The second-order valence-corrected chi connectivity index (χ2v) is 2.87. The van der Waals surface area contributed by atoms with Crippen molar-refractivity contribution in [1.29, 1.82) is 0 Å². The van der Waals surface area contributed by atoms with Crippen LogP contribution in [-0.2, 0) is 20.9 Å². The highest BCUT2D eigenvalue weighted by molar-refractivity contribution is 5.81. The van der Waals surface area contributed by atoms with E-state index < -0.39 is 5.97 Å². The monoisotopic (exact) mass is 211 g/mol. The van der Waals surface area contributed by atoms with Gasteiger partial charge in [-0.05, 0) is 6.07 Å². The van der Waals surface area contributed by atoms with Gasteiger partial charge in [-0.15, -0.1) is 0 Å². The molecule has 1 amide bonds. The number of methoxy groups -OCH3 is 1. The van der Waals surface area contributed by atoms with Gasteiger partial charge in [0.15, 0.2) is 0 Å². The number of rotatable bonds is 5. The summed E-state index contributed by atoms with van der Waals surface area (Å²) in [5, 5.41) is 6.39. The third-order valence-corrected chi connectivity index (χ3v) is 1.78. The molecule has 15 heavy (non-hydrogen) atoms. The highest BCUT2D eigenvalue weighted by Gasteiger charge is 2.04. The molecule has 0 spiro atoms. The number of carbonyl (C=O) groups is 2. The molecule has 0 atom stereocenters. The lowest BCUT2D eigenvalue weighted by molar-refractivity contribution is -0.141. The molecule has 1 rings (SSSR count). The third-order valence-electron chi connectivity index (χ3n) is 1.78. The van der Waals surface area contributed by atoms with Gasteiger partial charge in [0, 0.05) is 25.4 Å². The summed E-state index contributed by atoms with van der Waals surface area (Å²) in [4.78, 5) is 21.9. The molecule has 0 unspecified atom stereocenters. The molecule has 0 aliphatic carbocycles. The van der Waals surface area contributed by atoms with Crippen molar-refractivity contribution in [1.82, 2.24) is 15.1 Å². The summed E-state index contributed by atoms with van der Waals surface area (Å²) in [5.41, 5.74) is 0. The maximum atomic E-state index is 11.2. The molecule has 1 heterocycles. The number of hydrogen-bond donors (Lipinski definition) is 1. The van der Waals surface area contributed by atoms with Gasteiger partial charge in [-0.1, -0.05) is 0 Å². The largest absolute Gasteiger partial charge is 0.468 e. The summed E-state index contributed by atoms with van der Waals surface area (Å²) < 4.78 is 6.03. The van der Waals surface area contributed by atoms with E-state index in [4.69, 9.17) is 0 Å². The number of aryl methyl sites for hydroxylation is 1. The molecule has 0 saturated heterocycles. The quantitative estimate of drug-likeness (QED) is 0.670. The summed E-state index contributed by atoms with van der Waals surface area (Å²) in [6.45, 7) is 0.411. The molecule has 0 aliphatic rings. The highest BCUT2D eigenvalue weighted by atomic mass is 16.5. The van der Waals surface area contributed by atoms with Crippen LogP contribution < -0.4 is 5.32 Å². The van der Waals surface area contributed by atoms with Crippen molar-refractivity contribution in [2.75, 3.05) is 13.7 Å². The standard InChI is InChI=1S/C9H13N3O3/c1-15-9(14)7-10-8(13)3-6-12-5-2-4-11-12/h2,4-5H,3,6-7H2,1H3,(H,10,13). The van der Waals surface area contributed by atoms with Gasteiger partial charge in [-0.2, -0.15) is 5.10 Å². The van der Waals surface area contributed by atoms with Crippen LogP contribution in [0.1, 0.15) is 6.42 Å². The number of ether oxygens (including phenoxy) is 1. The van der Waals surface area contributed by atoms with Crippen LogP contribution in [0.2, 0.25) is 0 Å². The van der Waals surface area contributed by atoms with Gasteiger partial charge in [0.05, 0.1) is 7.11 Å². The Morgan fingerprint density at radius 2 is 2.33 bits per heavy atom. The molecule has 0 aliphatic heterocycles. The van der Waals surface area contributed by atoms with Gasteiger partial charge < -0.3 is 10.1 Å². The van der Waals surface area contributed by atoms with Crippen LogP contribution in [0.4, 0.5) is 0 Å². The Morgan fingerprint density at radius 3 is 2.93 bits per heavy atom. The first kappa shape index (κ1) is 11.2. The number of amides is 1. The van der Waals surface area contributed by atoms with E-state index in [1.807, 2.05) is 0 Å². The fourth-order valence-electron chi connectivity index (χ4n) is 0.980. The van der Waals surface area contributed by atoms with Crippen molar-refractivity contribution in [3.63, 3.8) is 0 Å². The van der Waals surface area contributed by atoms with Crippen LogP contribution in [0.15, 0.2) is 18.5 Å². The number of nitrogens with one attached hydrogen (secondary N) is 1. The molecule has 0 fully saturated rings. The number of aromatic nitrogens is 2. The number of carbonyl (C=O) groups excluding carboxylic acids is 2. The Hall–Kier alpha value is -1.85. The second-order valence-electron chi connectivity index (χ2n) is 2.87. The Bertz CT molecular complexity index is 321. The first-order valence-corrected chi connectivity index (χ1v) is 4.53. The number of nitrogens with zero attached hydrogens (tertiary/aromatic N) is 2. The SMILES string of the molecule is COC(=O)CNC(=O)CCn1cccn1. The van der Waals surface area contributed by atoms with Crippen molar-refractivity contribution in [2.45, 2.75) is 13.0 Å². The molecular formula is C9H13N3O3. The lowest BCUT2D eigenvalue weighted by Gasteiger charge is -2.03. The average molecular weight is 211 g/mol. The van der Waals surface area contributed by atoms with Crippen molar-refractivity contribution < 1.29 is 14.3 Å². The Labute approximate surface area is 87.2 Å². The van der Waals surface area contributed by atoms with Crippen LogP contribution in [-0.4, -0.2) is 35.3 Å². The van der Waals surface area contributed by atoms with E-state index in [9.17, 15) is 9.59 Å². The zero-order chi connectivity index (χ0) is 11.1. The summed E-state index contributed by atoms with van der Waals surface area (Å²) in [7, 11) is 1.28. The van der Waals surface area contributed by atoms with Crippen LogP contribution in [0.3, 0.4) is 0 Å². The Kier molecular flexibility index (Phi) is 4.33. The van der Waals surface area contributed by atoms with E-state index in [0.717, 1.165) is 0 Å². The Morgan fingerprint density at radius 1 is 1.53 bits per heavy atom. The maximum absolute atomic E-state index is 11.2. The van der Waals surface area contributed by atoms with E-state index in [-0.39, 0.29) is 12.5 Å². The minimum absolute atomic E-state index is 0.0888. The number of esters is 1. The molecule has 1 aromatic heterocycles. The molecular weight excluding hydrogens is 198 g/mol. The van der Waals surface area contributed by atoms with Crippen LogP contribution in [0.5, 0.6) is 0 Å². The van der Waals surface area contributed by atoms with Crippen molar-refractivity contribution in [3.05, 3.63) is 18.5 Å². The van der Waals surface area contributed by atoms with E-state index in [0.29, 0.717) is 13.0 Å². The molecule has 1 aromatic rings. The average Bonchev–Trinajstić information content (AvgIpc) is 2.75. The predicted octanol–water partition coefficient (Wildman–Crippen LogP) is -0.438. The van der Waals surface area contributed by atoms with Gasteiger partial charge >= 0.3 is 5.97 Å². The molecule has 6 nitrogen and oxygen atoms in total. The summed E-state index contributed by atoms with van der Waals surface area (Å²) in [5.74, 6) is -0.654. The minimum atomic E-state index is -0.456. The summed E-state index contributed by atoms with van der Waals surface area (Å²) in [6, 6.07) is 1.78. The van der Waals surface area contributed by atoms with Gasteiger partial charge in [0.2, 0.25) is 5.91 Å². The molecule has 0 bridgehead atoms. The van der Waals surface area contributed by atoms with E-state index in [2.05, 4.69) is 15.2 Å². The van der Waals surface area contributed by atoms with Crippen molar-refractivity contribution in [3.8, 4) is 0 Å². The highest BCUT2D eigenvalue weighted by Crippen LogP contribution is 1.89. The normalized spacial score (nSPS) is 9.67. The van der Waals surface area contributed by atoms with Crippen molar-refractivity contribution in [2.24, 2.45) is 0 Å². The first-order chi connectivity index (χ1) is 7.22. The summed E-state index contributed by atoms with van der Waals surface area (Å²) in [6.07, 6.45) is 3.71. The van der Waals surface area contributed by atoms with Crippen LogP contribution in [0.25, 0.3) is 0 Å². The van der Waals surface area contributed by atoms with E-state index >= 15 is 0 Å². The van der Waals surface area contributed by atoms with Crippen molar-refractivity contribution >= 4 is 11.9 Å². The van der Waals surface area contributed by atoms with Crippen LogP contribution >= 0.6 is 0 Å². The molecule has 82 valence electrons. The zero-order valence-electron chi connectivity index (χ0n) is 8.47. The zero-order valence-corrected chi connectivity index (χ0v) is 8.47. The molecule has 1 N–H and O–H groups in total. The minimum Gasteiger partial charge on any atom is -0.468 e. The van der Waals surface area contributed by atoms with Crippen LogP contribution in [0, 0.1) is 0 Å². The van der Waals surface area contributed by atoms with Gasteiger partial charge in [0.1, 0.15) is 6.54 Å². The second kappa shape index (κ2) is 5.79. The van der Waals surface area contributed by atoms with Gasteiger partial charge in [0.25, 0.3) is 0 Å². The maximum Gasteiger partial charge on any atom is 0.325 e. The lowest BCUT2D eigenvalue weighted by atomic mass is 10.4. The lowest BCUT2D eigenvalue weighted by Crippen LogP contribution is -2.30. The van der Waals surface area contributed by atoms with E-state index in [1.54, 1.807) is 23.1 Å². The molecule has 0 saturated carbocycles. The van der Waals surface area contributed by atoms with Gasteiger partial charge in [-0.25, -0.2) is 0 Å². The third kappa shape index (κ3) is 4.26. The fraction of sp³-hybridized carbons (Fsp3) is 0.444. The summed E-state index contributed by atoms with van der Waals surface area (Å²) >= 11 is 0. The Balaban J connectivity index is 2.16. The molecule has 0 radical (unpaired) electrons. The molecule has 0 aromatic carbocycles. The van der Waals surface area contributed by atoms with E-state index in [1.165, 1.54) is 7.11 Å². The van der Waals surface area contributed by atoms with Gasteiger partial charge in [-0.3, -0.25) is 14.3 Å².